The molecule has 0 saturated heterocycles. The minimum atomic E-state index is -0.962. The van der Waals surface area contributed by atoms with E-state index >= 15 is 0 Å². The van der Waals surface area contributed by atoms with Crippen LogP contribution in [0, 0.1) is 0 Å². The Hall–Kier alpha value is -0.930. The Morgan fingerprint density at radius 2 is 0.952 bits per heavy atom. The van der Waals surface area contributed by atoms with Crippen molar-refractivity contribution in [2.45, 2.75) is 12.6 Å². The SMILES string of the molecule is CN.CN.CN.CN.CN.CN.NNC(CC(=O)O)NN. The standard InChI is InChI=1S/C3H10N4O2.6CH5N/c4-6-2(7-5)1-3(8)9;6*1-2/h2,6-7H,1,4-5H2,(H,8,9);6*2H2,1H3. The van der Waals surface area contributed by atoms with Crippen LogP contribution < -0.4 is 56.9 Å². The molecule has 0 aromatic rings. The summed E-state index contributed by atoms with van der Waals surface area (Å²) < 4.78 is 0. The highest BCUT2D eigenvalue weighted by molar-refractivity contribution is 5.67. The Morgan fingerprint density at radius 1 is 0.762 bits per heavy atom. The fourth-order valence-electron chi connectivity index (χ4n) is 0.341. The van der Waals surface area contributed by atoms with Crippen LogP contribution in [-0.4, -0.2) is 59.5 Å². The van der Waals surface area contributed by atoms with Gasteiger partial charge < -0.3 is 39.5 Å². The van der Waals surface area contributed by atoms with Gasteiger partial charge in [-0.1, -0.05) is 0 Å². The number of carbonyl (C=O) groups is 1. The molecule has 0 saturated carbocycles. The van der Waals surface area contributed by atoms with E-state index < -0.39 is 12.1 Å². The fraction of sp³-hybridized carbons (Fsp3) is 0.889. The lowest BCUT2D eigenvalue weighted by atomic mass is 10.4. The second-order valence-corrected chi connectivity index (χ2v) is 1.48. The molecule has 12 nitrogen and oxygen atoms in total. The number of nitrogens with one attached hydrogen (secondary N) is 2. The van der Waals surface area contributed by atoms with E-state index in [1.165, 1.54) is 42.3 Å². The lowest BCUT2D eigenvalue weighted by Crippen LogP contribution is -2.50. The average Bonchev–Trinajstić information content (AvgIpc) is 2.63. The van der Waals surface area contributed by atoms with Gasteiger partial charge in [-0.3, -0.25) is 16.5 Å². The second-order valence-electron chi connectivity index (χ2n) is 1.48. The molecule has 0 aromatic carbocycles. The Kier molecular flexibility index (Phi) is 195. The molecule has 0 spiro atoms. The second kappa shape index (κ2) is 95.6. The molecular formula is C9H40N10O2. The lowest BCUT2D eigenvalue weighted by Gasteiger charge is -2.10. The summed E-state index contributed by atoms with van der Waals surface area (Å²) in [7, 11) is 9.00. The molecule has 12 heteroatoms. The zero-order valence-electron chi connectivity index (χ0n) is 14.3. The largest absolute Gasteiger partial charge is 0.481 e. The summed E-state index contributed by atoms with van der Waals surface area (Å²) in [4.78, 5) is 9.94. The van der Waals surface area contributed by atoms with Crippen molar-refractivity contribution in [3.8, 4) is 0 Å². The fourth-order valence-corrected chi connectivity index (χ4v) is 0.341. The zero-order valence-corrected chi connectivity index (χ0v) is 14.3. The minimum Gasteiger partial charge on any atom is -0.481 e. The zero-order chi connectivity index (χ0) is 19.3. The van der Waals surface area contributed by atoms with Crippen molar-refractivity contribution in [2.75, 3.05) is 42.3 Å². The molecule has 0 amide bonds. The first-order valence-corrected chi connectivity index (χ1v) is 5.81. The molecular weight excluding hydrogens is 280 g/mol. The van der Waals surface area contributed by atoms with E-state index in [-0.39, 0.29) is 6.42 Å². The summed E-state index contributed by atoms with van der Waals surface area (Å²) in [6.45, 7) is 0. The summed E-state index contributed by atoms with van der Waals surface area (Å²) in [5.41, 5.74) is 31.3. The molecule has 0 aliphatic rings. The van der Waals surface area contributed by atoms with Crippen LogP contribution in [0.4, 0.5) is 0 Å². The predicted molar refractivity (Wildman–Crippen MR) is 91.4 cm³/mol. The van der Waals surface area contributed by atoms with Gasteiger partial charge in [0.15, 0.2) is 0 Å². The van der Waals surface area contributed by atoms with E-state index in [0.29, 0.717) is 0 Å². The van der Waals surface area contributed by atoms with Gasteiger partial charge in [-0.2, -0.15) is 0 Å². The number of hydrazine groups is 2. The topological polar surface area (TPSA) is 270 Å². The van der Waals surface area contributed by atoms with E-state index in [0.717, 1.165) is 0 Å². The van der Waals surface area contributed by atoms with Crippen molar-refractivity contribution in [3.63, 3.8) is 0 Å². The number of nitrogens with two attached hydrogens (primary N) is 8. The summed E-state index contributed by atoms with van der Waals surface area (Å²) in [6, 6.07) is 0. The molecule has 0 aliphatic heterocycles. The van der Waals surface area contributed by atoms with Crippen LogP contribution in [0.3, 0.4) is 0 Å². The molecule has 0 aromatic heterocycles. The molecule has 0 bridgehead atoms. The van der Waals surface area contributed by atoms with Crippen molar-refractivity contribution in [2.24, 2.45) is 46.1 Å². The van der Waals surface area contributed by atoms with Gasteiger partial charge >= 0.3 is 5.97 Å². The maximum absolute atomic E-state index is 9.94. The molecule has 19 N–H and O–H groups in total. The van der Waals surface area contributed by atoms with Gasteiger partial charge in [0.05, 0.1) is 12.6 Å². The van der Waals surface area contributed by atoms with Gasteiger partial charge in [0, 0.05) is 0 Å². The highest BCUT2D eigenvalue weighted by Gasteiger charge is 2.06. The van der Waals surface area contributed by atoms with Crippen LogP contribution in [0.2, 0.25) is 0 Å². The third kappa shape index (κ3) is 111. The van der Waals surface area contributed by atoms with Crippen LogP contribution in [0.1, 0.15) is 6.42 Å². The number of aliphatic carboxylic acids is 1. The van der Waals surface area contributed by atoms with Gasteiger partial charge in [0.1, 0.15) is 0 Å². The van der Waals surface area contributed by atoms with Crippen LogP contribution >= 0.6 is 0 Å². The van der Waals surface area contributed by atoms with E-state index in [1.807, 2.05) is 0 Å². The summed E-state index contributed by atoms with van der Waals surface area (Å²) in [5, 5.41) is 8.15. The molecule has 0 fully saturated rings. The lowest BCUT2D eigenvalue weighted by molar-refractivity contribution is -0.137. The first kappa shape index (κ1) is 42.7. The molecule has 0 unspecified atom stereocenters. The monoisotopic (exact) mass is 320 g/mol. The maximum atomic E-state index is 9.94. The summed E-state index contributed by atoms with van der Waals surface area (Å²) in [5.74, 6) is 8.79. The maximum Gasteiger partial charge on any atom is 0.306 e. The van der Waals surface area contributed by atoms with Crippen LogP contribution in [0.5, 0.6) is 0 Å². The van der Waals surface area contributed by atoms with E-state index in [4.69, 9.17) is 16.8 Å². The molecule has 21 heavy (non-hydrogen) atoms. The molecule has 0 rings (SSSR count). The van der Waals surface area contributed by atoms with Gasteiger partial charge in [-0.05, 0) is 42.3 Å². The number of carboxylic acid groups (broad SMARTS) is 1. The highest BCUT2D eigenvalue weighted by atomic mass is 16.4. The summed E-state index contributed by atoms with van der Waals surface area (Å²) in [6.07, 6.45) is -0.713. The van der Waals surface area contributed by atoms with Gasteiger partial charge in [0.2, 0.25) is 0 Å². The third-order valence-corrected chi connectivity index (χ3v) is 0.781. The molecule has 138 valence electrons. The van der Waals surface area contributed by atoms with Crippen molar-refractivity contribution in [1.29, 1.82) is 0 Å². The van der Waals surface area contributed by atoms with Gasteiger partial charge in [-0.15, -0.1) is 0 Å². The number of hydrogen-bond acceptors (Lipinski definition) is 11. The Labute approximate surface area is 128 Å². The minimum absolute atomic E-state index is 0.146. The van der Waals surface area contributed by atoms with E-state index in [2.05, 4.69) is 45.3 Å². The highest BCUT2D eigenvalue weighted by Crippen LogP contribution is 1.81. The third-order valence-electron chi connectivity index (χ3n) is 0.781. The first-order chi connectivity index (χ1) is 10.2. The normalized spacial score (nSPS) is 6.05. The predicted octanol–water partition coefficient (Wildman–Crippen LogP) is -4.84. The number of rotatable bonds is 4. The van der Waals surface area contributed by atoms with Gasteiger partial charge in [-0.25, -0.2) is 10.9 Å². The van der Waals surface area contributed by atoms with Crippen molar-refractivity contribution >= 4 is 5.97 Å². The molecule has 0 radical (unpaired) electrons. The Bertz CT molecular complexity index is 107. The number of carboxylic acids is 1. The quantitative estimate of drug-likeness (QED) is 0.132. The van der Waals surface area contributed by atoms with Crippen LogP contribution in [-0.2, 0) is 4.79 Å². The number of hydrogen-bond donors (Lipinski definition) is 11. The van der Waals surface area contributed by atoms with Crippen LogP contribution in [0.15, 0.2) is 0 Å². The molecule has 0 aliphatic carbocycles. The average molecular weight is 320 g/mol. The van der Waals surface area contributed by atoms with Crippen molar-refractivity contribution in [1.82, 2.24) is 10.9 Å². The van der Waals surface area contributed by atoms with Gasteiger partial charge in [0.25, 0.3) is 0 Å². The smallest absolute Gasteiger partial charge is 0.306 e. The Balaban J connectivity index is -0.0000000275. The first-order valence-electron chi connectivity index (χ1n) is 5.81. The summed E-state index contributed by atoms with van der Waals surface area (Å²) >= 11 is 0. The van der Waals surface area contributed by atoms with Crippen LogP contribution in [0.25, 0.3) is 0 Å². The van der Waals surface area contributed by atoms with Crippen molar-refractivity contribution < 1.29 is 9.90 Å². The van der Waals surface area contributed by atoms with Crippen molar-refractivity contribution in [3.05, 3.63) is 0 Å². The van der Waals surface area contributed by atoms with E-state index in [1.54, 1.807) is 0 Å². The van der Waals surface area contributed by atoms with E-state index in [9.17, 15) is 4.79 Å². The molecule has 0 heterocycles. The Morgan fingerprint density at radius 3 is 1.00 bits per heavy atom. The molecule has 0 atom stereocenters.